The molecule has 4 rings (SSSR count). The van der Waals surface area contributed by atoms with Gasteiger partial charge in [0.25, 0.3) is 15.9 Å². The highest BCUT2D eigenvalue weighted by Gasteiger charge is 2.29. The molecule has 0 aliphatic carbocycles. The molecule has 1 aliphatic heterocycles. The number of ether oxygens (including phenoxy) is 2. The Kier molecular flexibility index (Phi) is 8.41. The van der Waals surface area contributed by atoms with Crippen LogP contribution in [-0.2, 0) is 30.7 Å². The number of anilines is 2. The first-order valence-electron chi connectivity index (χ1n) is 12.4. The van der Waals surface area contributed by atoms with Gasteiger partial charge in [-0.2, -0.15) is 0 Å². The van der Waals surface area contributed by atoms with E-state index in [1.807, 2.05) is 18.2 Å². The van der Waals surface area contributed by atoms with Gasteiger partial charge in [0, 0.05) is 12.1 Å². The Hall–Kier alpha value is -3.70. The Labute approximate surface area is 231 Å². The lowest BCUT2D eigenvalue weighted by Gasteiger charge is -2.30. The van der Waals surface area contributed by atoms with Crippen molar-refractivity contribution in [3.8, 4) is 0 Å². The zero-order chi connectivity index (χ0) is 28.2. The van der Waals surface area contributed by atoms with Gasteiger partial charge in [-0.3, -0.25) is 13.9 Å². The van der Waals surface area contributed by atoms with Crippen molar-refractivity contribution in [3.63, 3.8) is 0 Å². The van der Waals surface area contributed by atoms with Gasteiger partial charge in [0.15, 0.2) is 0 Å². The van der Waals surface area contributed by atoms with E-state index in [4.69, 9.17) is 9.47 Å². The molecule has 0 fully saturated rings. The van der Waals surface area contributed by atoms with E-state index in [0.717, 1.165) is 23.3 Å². The minimum Gasteiger partial charge on any atom is -0.461 e. The quantitative estimate of drug-likeness (QED) is 0.377. The summed E-state index contributed by atoms with van der Waals surface area (Å²) < 4.78 is 38.7. The lowest BCUT2D eigenvalue weighted by molar-refractivity contribution is -0.155. The molecule has 39 heavy (non-hydrogen) atoms. The Morgan fingerprint density at radius 1 is 1.03 bits per heavy atom. The molecule has 0 radical (unpaired) electrons. The van der Waals surface area contributed by atoms with Crippen molar-refractivity contribution in [3.05, 3.63) is 76.7 Å². The molecule has 0 unspecified atom stereocenters. The van der Waals surface area contributed by atoms with E-state index < -0.39 is 33.5 Å². The SMILES string of the molecule is CC(C)(C)OC(=O)CCOC(=O)c1ccc(NC(=O)c2cccc(S(=O)(=O)N3CCCc4ccccc43)c2)s1. The van der Waals surface area contributed by atoms with Gasteiger partial charge in [-0.15, -0.1) is 11.3 Å². The molecule has 206 valence electrons. The van der Waals surface area contributed by atoms with Gasteiger partial charge in [-0.25, -0.2) is 13.2 Å². The minimum absolute atomic E-state index is 0.0206. The van der Waals surface area contributed by atoms with Gasteiger partial charge in [0.2, 0.25) is 0 Å². The number of para-hydroxylation sites is 1. The highest BCUT2D eigenvalue weighted by Crippen LogP contribution is 2.32. The molecule has 2 aromatic carbocycles. The van der Waals surface area contributed by atoms with Gasteiger partial charge >= 0.3 is 11.9 Å². The van der Waals surface area contributed by atoms with Gasteiger partial charge in [-0.1, -0.05) is 24.3 Å². The molecule has 0 spiro atoms. The lowest BCUT2D eigenvalue weighted by atomic mass is 10.0. The van der Waals surface area contributed by atoms with Gasteiger partial charge in [0.1, 0.15) is 17.1 Å². The number of esters is 2. The van der Waals surface area contributed by atoms with Crippen LogP contribution in [-0.4, -0.2) is 45.0 Å². The zero-order valence-electron chi connectivity index (χ0n) is 21.9. The summed E-state index contributed by atoms with van der Waals surface area (Å²) in [6.07, 6.45) is 1.45. The second-order valence-corrected chi connectivity index (χ2v) is 12.9. The lowest BCUT2D eigenvalue weighted by Crippen LogP contribution is -2.35. The van der Waals surface area contributed by atoms with Crippen LogP contribution < -0.4 is 9.62 Å². The minimum atomic E-state index is -3.87. The number of hydrogen-bond acceptors (Lipinski definition) is 8. The molecule has 1 amide bonds. The van der Waals surface area contributed by atoms with E-state index >= 15 is 0 Å². The maximum atomic E-state index is 13.5. The number of rotatable bonds is 8. The number of hydrogen-bond donors (Lipinski definition) is 1. The summed E-state index contributed by atoms with van der Waals surface area (Å²) in [5.74, 6) is -1.61. The van der Waals surface area contributed by atoms with Crippen molar-refractivity contribution in [1.82, 2.24) is 0 Å². The number of nitrogens with zero attached hydrogens (tertiary/aromatic N) is 1. The molecule has 1 aromatic heterocycles. The summed E-state index contributed by atoms with van der Waals surface area (Å²) in [5, 5.41) is 3.08. The fourth-order valence-electron chi connectivity index (χ4n) is 4.06. The number of benzene rings is 2. The van der Waals surface area contributed by atoms with Crippen molar-refractivity contribution in [2.24, 2.45) is 0 Å². The van der Waals surface area contributed by atoms with Gasteiger partial charge < -0.3 is 14.8 Å². The van der Waals surface area contributed by atoms with Crippen molar-refractivity contribution in [1.29, 1.82) is 0 Å². The zero-order valence-corrected chi connectivity index (χ0v) is 23.6. The predicted molar refractivity (Wildman–Crippen MR) is 149 cm³/mol. The first kappa shape index (κ1) is 28.3. The number of amides is 1. The molecular weight excluding hydrogens is 540 g/mol. The summed E-state index contributed by atoms with van der Waals surface area (Å²) in [7, 11) is -3.87. The predicted octanol–water partition coefficient (Wildman–Crippen LogP) is 5.03. The van der Waals surface area contributed by atoms with E-state index in [9.17, 15) is 22.8 Å². The number of carbonyl (C=O) groups excluding carboxylic acids is 3. The molecule has 0 atom stereocenters. The normalized spacial score (nSPS) is 13.4. The van der Waals surface area contributed by atoms with E-state index in [-0.39, 0.29) is 28.4 Å². The highest BCUT2D eigenvalue weighted by atomic mass is 32.2. The summed E-state index contributed by atoms with van der Waals surface area (Å²) in [6, 6.07) is 16.3. The van der Waals surface area contributed by atoms with E-state index in [1.54, 1.807) is 32.9 Å². The van der Waals surface area contributed by atoms with Crippen molar-refractivity contribution >= 4 is 49.9 Å². The van der Waals surface area contributed by atoms with Crippen LogP contribution in [0.5, 0.6) is 0 Å². The van der Waals surface area contributed by atoms with Crippen LogP contribution in [0.15, 0.2) is 65.6 Å². The standard InChI is InChI=1S/C28H30N2O7S2/c1-28(2,3)37-25(31)15-17-36-27(33)23-13-14-24(38-23)29-26(32)20-9-6-11-21(18-20)39(34,35)30-16-7-10-19-8-4-5-12-22(19)30/h4-6,8-9,11-14,18H,7,10,15-17H2,1-3H3,(H,29,32). The Balaban J connectivity index is 1.39. The number of thiophene rings is 1. The van der Waals surface area contributed by atoms with E-state index in [0.29, 0.717) is 23.7 Å². The smallest absolute Gasteiger partial charge is 0.348 e. The summed E-state index contributed by atoms with van der Waals surface area (Å²) in [6.45, 7) is 5.49. The molecule has 0 saturated carbocycles. The van der Waals surface area contributed by atoms with Gasteiger partial charge in [-0.05, 0) is 75.6 Å². The first-order valence-corrected chi connectivity index (χ1v) is 14.7. The highest BCUT2D eigenvalue weighted by molar-refractivity contribution is 7.92. The molecule has 9 nitrogen and oxygen atoms in total. The Bertz CT molecular complexity index is 1490. The second-order valence-electron chi connectivity index (χ2n) is 9.93. The average molecular weight is 571 g/mol. The third kappa shape index (κ3) is 7.04. The molecule has 0 bridgehead atoms. The van der Waals surface area contributed by atoms with Gasteiger partial charge in [0.05, 0.1) is 22.0 Å². The fourth-order valence-corrected chi connectivity index (χ4v) is 6.45. The Morgan fingerprint density at radius 2 is 1.79 bits per heavy atom. The van der Waals surface area contributed by atoms with Crippen LogP contribution in [0.4, 0.5) is 10.7 Å². The third-order valence-corrected chi connectivity index (χ3v) is 8.55. The van der Waals surface area contributed by atoms with Crippen LogP contribution in [0, 0.1) is 0 Å². The molecule has 1 N–H and O–H groups in total. The average Bonchev–Trinajstić information content (AvgIpc) is 3.36. The van der Waals surface area contributed by atoms with Crippen LogP contribution >= 0.6 is 11.3 Å². The largest absolute Gasteiger partial charge is 0.461 e. The van der Waals surface area contributed by atoms with Crippen molar-refractivity contribution in [2.45, 2.75) is 50.5 Å². The number of carbonyl (C=O) groups is 3. The molecule has 11 heteroatoms. The molecule has 2 heterocycles. The maximum absolute atomic E-state index is 13.5. The molecule has 0 saturated heterocycles. The van der Waals surface area contributed by atoms with Crippen molar-refractivity contribution in [2.75, 3.05) is 22.8 Å². The summed E-state index contributed by atoms with van der Waals surface area (Å²) in [4.78, 5) is 37.3. The monoisotopic (exact) mass is 570 g/mol. The summed E-state index contributed by atoms with van der Waals surface area (Å²) in [5.41, 5.74) is 1.17. The number of sulfonamides is 1. The number of fused-ring (bicyclic) bond motifs is 1. The van der Waals surface area contributed by atoms with Crippen LogP contribution in [0.2, 0.25) is 0 Å². The molecule has 3 aromatic rings. The van der Waals surface area contributed by atoms with E-state index in [1.165, 1.54) is 34.6 Å². The van der Waals surface area contributed by atoms with Crippen molar-refractivity contribution < 1.29 is 32.3 Å². The number of nitrogens with one attached hydrogen (secondary N) is 1. The Morgan fingerprint density at radius 3 is 2.56 bits per heavy atom. The first-order chi connectivity index (χ1) is 18.4. The van der Waals surface area contributed by atoms with Crippen LogP contribution in [0.25, 0.3) is 0 Å². The van der Waals surface area contributed by atoms with Crippen LogP contribution in [0.3, 0.4) is 0 Å². The van der Waals surface area contributed by atoms with Crippen LogP contribution in [0.1, 0.15) is 59.2 Å². The topological polar surface area (TPSA) is 119 Å². The third-order valence-electron chi connectivity index (χ3n) is 5.76. The maximum Gasteiger partial charge on any atom is 0.348 e. The second kappa shape index (κ2) is 11.6. The summed E-state index contributed by atoms with van der Waals surface area (Å²) >= 11 is 1.01. The van der Waals surface area contributed by atoms with E-state index in [2.05, 4.69) is 5.32 Å². The molecular formula is C28H30N2O7S2. The number of aryl methyl sites for hydroxylation is 1. The molecule has 1 aliphatic rings. The fraction of sp³-hybridized carbons (Fsp3) is 0.321.